The molecule has 1 N–H and O–H groups in total. The molecule has 0 aliphatic rings. The third-order valence-corrected chi connectivity index (χ3v) is 3.18. The van der Waals surface area contributed by atoms with Gasteiger partial charge in [0.15, 0.2) is 5.69 Å². The van der Waals surface area contributed by atoms with E-state index in [1.54, 1.807) is 4.90 Å². The highest BCUT2D eigenvalue weighted by atomic mass is 16.5. The van der Waals surface area contributed by atoms with Crippen LogP contribution in [0.2, 0.25) is 0 Å². The lowest BCUT2D eigenvalue weighted by Crippen LogP contribution is -2.34. The minimum absolute atomic E-state index is 0.0555. The zero-order valence-electron chi connectivity index (χ0n) is 13.1. The molecule has 1 heterocycles. The summed E-state index contributed by atoms with van der Waals surface area (Å²) in [6.07, 6.45) is 1.79. The van der Waals surface area contributed by atoms with Gasteiger partial charge in [0.25, 0.3) is 5.91 Å². The Bertz CT molecular complexity index is 468. The van der Waals surface area contributed by atoms with Gasteiger partial charge in [0.1, 0.15) is 0 Å². The SMILES string of the molecule is CC(C)CCN(CCC(C)C)C(=O)c1cc(C(=O)O)on1. The predicted molar refractivity (Wildman–Crippen MR) is 78.3 cm³/mol. The van der Waals surface area contributed by atoms with Crippen LogP contribution in [-0.2, 0) is 0 Å². The number of hydrogen-bond acceptors (Lipinski definition) is 4. The largest absolute Gasteiger partial charge is 0.475 e. The van der Waals surface area contributed by atoms with Gasteiger partial charge in [-0.2, -0.15) is 0 Å². The highest BCUT2D eigenvalue weighted by molar-refractivity contribution is 5.94. The molecule has 0 aliphatic heterocycles. The van der Waals surface area contributed by atoms with Crippen LogP contribution in [-0.4, -0.2) is 40.1 Å². The smallest absolute Gasteiger partial charge is 0.374 e. The number of rotatable bonds is 8. The Labute approximate surface area is 125 Å². The molecule has 1 rings (SSSR count). The van der Waals surface area contributed by atoms with Crippen molar-refractivity contribution in [3.8, 4) is 0 Å². The number of nitrogens with zero attached hydrogens (tertiary/aromatic N) is 2. The summed E-state index contributed by atoms with van der Waals surface area (Å²) in [6.45, 7) is 9.68. The summed E-state index contributed by atoms with van der Waals surface area (Å²) in [4.78, 5) is 24.9. The molecule has 0 atom stereocenters. The second-order valence-corrected chi connectivity index (χ2v) is 6.04. The molecule has 1 amide bonds. The van der Waals surface area contributed by atoms with Gasteiger partial charge < -0.3 is 14.5 Å². The molecule has 6 nitrogen and oxygen atoms in total. The summed E-state index contributed by atoms with van der Waals surface area (Å²) < 4.78 is 4.65. The molecule has 1 aromatic rings. The summed E-state index contributed by atoms with van der Waals surface area (Å²) in [6, 6.07) is 1.18. The topological polar surface area (TPSA) is 83.6 Å². The fourth-order valence-corrected chi connectivity index (χ4v) is 1.78. The number of carboxylic acids is 1. The van der Waals surface area contributed by atoms with Crippen molar-refractivity contribution < 1.29 is 19.2 Å². The average molecular weight is 296 g/mol. The Balaban J connectivity index is 2.78. The molecule has 0 aliphatic carbocycles. The minimum Gasteiger partial charge on any atom is -0.475 e. The molecular weight excluding hydrogens is 272 g/mol. The van der Waals surface area contributed by atoms with Crippen LogP contribution in [0.25, 0.3) is 0 Å². The fourth-order valence-electron chi connectivity index (χ4n) is 1.78. The lowest BCUT2D eigenvalue weighted by Gasteiger charge is -2.23. The highest BCUT2D eigenvalue weighted by Gasteiger charge is 2.22. The summed E-state index contributed by atoms with van der Waals surface area (Å²) in [5, 5.41) is 12.4. The van der Waals surface area contributed by atoms with Crippen molar-refractivity contribution in [3.05, 3.63) is 17.5 Å². The lowest BCUT2D eigenvalue weighted by molar-refractivity contribution is 0.0647. The van der Waals surface area contributed by atoms with E-state index in [0.29, 0.717) is 24.9 Å². The Hall–Kier alpha value is -1.85. The third-order valence-electron chi connectivity index (χ3n) is 3.18. The third kappa shape index (κ3) is 5.57. The number of aromatic nitrogens is 1. The normalized spacial score (nSPS) is 11.1. The van der Waals surface area contributed by atoms with Crippen LogP contribution >= 0.6 is 0 Å². The number of hydrogen-bond donors (Lipinski definition) is 1. The van der Waals surface area contributed by atoms with E-state index in [-0.39, 0.29) is 17.4 Å². The molecule has 0 fully saturated rings. The number of carbonyl (C=O) groups is 2. The minimum atomic E-state index is -1.22. The van der Waals surface area contributed by atoms with Crippen molar-refractivity contribution in [1.29, 1.82) is 0 Å². The molecule has 0 saturated carbocycles. The van der Waals surface area contributed by atoms with Gasteiger partial charge in [-0.05, 0) is 24.7 Å². The van der Waals surface area contributed by atoms with E-state index in [2.05, 4.69) is 37.4 Å². The van der Waals surface area contributed by atoms with E-state index >= 15 is 0 Å². The standard InChI is InChI=1S/C15H24N2O4/c1-10(2)5-7-17(8-6-11(3)4)14(18)12-9-13(15(19)20)21-16-12/h9-11H,5-8H2,1-4H3,(H,19,20). The van der Waals surface area contributed by atoms with Crippen molar-refractivity contribution >= 4 is 11.9 Å². The molecule has 1 aromatic heterocycles. The summed E-state index contributed by atoms with van der Waals surface area (Å²) in [5.74, 6) is -0.825. The fraction of sp³-hybridized carbons (Fsp3) is 0.667. The van der Waals surface area contributed by atoms with Crippen LogP contribution in [0.1, 0.15) is 61.6 Å². The number of amides is 1. The number of carbonyl (C=O) groups excluding carboxylic acids is 1. The van der Waals surface area contributed by atoms with E-state index < -0.39 is 5.97 Å². The molecule has 0 spiro atoms. The monoisotopic (exact) mass is 296 g/mol. The lowest BCUT2D eigenvalue weighted by atomic mass is 10.1. The summed E-state index contributed by atoms with van der Waals surface area (Å²) in [7, 11) is 0. The van der Waals surface area contributed by atoms with Gasteiger partial charge >= 0.3 is 5.97 Å². The van der Waals surface area contributed by atoms with Gasteiger partial charge in [-0.15, -0.1) is 0 Å². The molecule has 0 saturated heterocycles. The van der Waals surface area contributed by atoms with Crippen LogP contribution in [0.3, 0.4) is 0 Å². The second kappa shape index (κ2) is 7.81. The van der Waals surface area contributed by atoms with Crippen LogP contribution in [0.15, 0.2) is 10.6 Å². The van der Waals surface area contributed by atoms with Crippen LogP contribution in [0.5, 0.6) is 0 Å². The molecular formula is C15H24N2O4. The van der Waals surface area contributed by atoms with E-state index in [1.165, 1.54) is 6.07 Å². The van der Waals surface area contributed by atoms with Crippen molar-refractivity contribution in [2.24, 2.45) is 11.8 Å². The maximum absolute atomic E-state index is 12.4. The van der Waals surface area contributed by atoms with Crippen LogP contribution in [0.4, 0.5) is 0 Å². The quantitative estimate of drug-likeness (QED) is 0.797. The zero-order chi connectivity index (χ0) is 16.0. The van der Waals surface area contributed by atoms with E-state index in [9.17, 15) is 9.59 Å². The zero-order valence-corrected chi connectivity index (χ0v) is 13.1. The van der Waals surface area contributed by atoms with Gasteiger partial charge in [-0.1, -0.05) is 32.9 Å². The first kappa shape index (κ1) is 17.2. The average Bonchev–Trinajstić information content (AvgIpc) is 2.87. The summed E-state index contributed by atoms with van der Waals surface area (Å²) in [5.41, 5.74) is 0.0555. The maximum Gasteiger partial charge on any atom is 0.374 e. The Morgan fingerprint density at radius 1 is 1.19 bits per heavy atom. The van der Waals surface area contributed by atoms with Gasteiger partial charge in [0.2, 0.25) is 5.76 Å². The molecule has 0 bridgehead atoms. The van der Waals surface area contributed by atoms with Crippen LogP contribution < -0.4 is 0 Å². The predicted octanol–water partition coefficient (Wildman–Crippen LogP) is 2.91. The van der Waals surface area contributed by atoms with Gasteiger partial charge in [0, 0.05) is 19.2 Å². The van der Waals surface area contributed by atoms with Crippen molar-refractivity contribution in [2.45, 2.75) is 40.5 Å². The van der Waals surface area contributed by atoms with Crippen molar-refractivity contribution in [2.75, 3.05) is 13.1 Å². The summed E-state index contributed by atoms with van der Waals surface area (Å²) >= 11 is 0. The number of aromatic carboxylic acids is 1. The molecule has 21 heavy (non-hydrogen) atoms. The maximum atomic E-state index is 12.4. The van der Waals surface area contributed by atoms with E-state index in [1.807, 2.05) is 0 Å². The molecule has 0 radical (unpaired) electrons. The highest BCUT2D eigenvalue weighted by Crippen LogP contribution is 2.12. The molecule has 0 aromatic carbocycles. The van der Waals surface area contributed by atoms with Gasteiger partial charge in [-0.3, -0.25) is 4.79 Å². The van der Waals surface area contributed by atoms with E-state index in [0.717, 1.165) is 12.8 Å². The number of carboxylic acid groups (broad SMARTS) is 1. The van der Waals surface area contributed by atoms with Crippen molar-refractivity contribution in [3.63, 3.8) is 0 Å². The van der Waals surface area contributed by atoms with Gasteiger partial charge in [-0.25, -0.2) is 4.79 Å². The molecule has 6 heteroatoms. The van der Waals surface area contributed by atoms with Gasteiger partial charge in [0.05, 0.1) is 0 Å². The molecule has 0 unspecified atom stereocenters. The first-order valence-corrected chi connectivity index (χ1v) is 7.30. The Morgan fingerprint density at radius 2 is 1.71 bits per heavy atom. The Morgan fingerprint density at radius 3 is 2.10 bits per heavy atom. The second-order valence-electron chi connectivity index (χ2n) is 6.04. The first-order chi connectivity index (χ1) is 9.81. The van der Waals surface area contributed by atoms with Crippen LogP contribution in [0, 0.1) is 11.8 Å². The van der Waals surface area contributed by atoms with Crippen molar-refractivity contribution in [1.82, 2.24) is 10.1 Å². The molecule has 118 valence electrons. The Kier molecular flexibility index (Phi) is 6.39. The first-order valence-electron chi connectivity index (χ1n) is 7.30. The van der Waals surface area contributed by atoms with E-state index in [4.69, 9.17) is 5.11 Å².